The van der Waals surface area contributed by atoms with Crippen molar-refractivity contribution in [2.75, 3.05) is 6.61 Å². The Labute approximate surface area is 177 Å². The normalized spacial score (nSPS) is 12.1. The molecule has 2 rings (SSSR count). The Hall–Kier alpha value is -2.74. The SMILES string of the molecule is CCOc1ccc(Br)cc1C=NNC(=O)C(NC(=O)c1ccccc1F)C(C)C. The molecule has 0 fully saturated rings. The number of carbonyl (C=O) groups is 2. The molecule has 0 bridgehead atoms. The average Bonchev–Trinajstić information content (AvgIpc) is 2.68. The number of carbonyl (C=O) groups excluding carboxylic acids is 2. The molecule has 0 aliphatic heterocycles. The van der Waals surface area contributed by atoms with Crippen LogP contribution in [0.25, 0.3) is 0 Å². The van der Waals surface area contributed by atoms with Gasteiger partial charge < -0.3 is 10.1 Å². The van der Waals surface area contributed by atoms with Crippen LogP contribution >= 0.6 is 15.9 Å². The van der Waals surface area contributed by atoms with Crippen molar-refractivity contribution >= 4 is 34.0 Å². The van der Waals surface area contributed by atoms with Gasteiger partial charge in [0.15, 0.2) is 0 Å². The van der Waals surface area contributed by atoms with Crippen molar-refractivity contribution in [3.63, 3.8) is 0 Å². The Morgan fingerprint density at radius 3 is 2.62 bits per heavy atom. The quantitative estimate of drug-likeness (QED) is 0.460. The highest BCUT2D eigenvalue weighted by Gasteiger charge is 2.25. The first-order valence-corrected chi connectivity index (χ1v) is 9.93. The summed E-state index contributed by atoms with van der Waals surface area (Å²) >= 11 is 3.38. The largest absolute Gasteiger partial charge is 0.493 e. The zero-order chi connectivity index (χ0) is 21.4. The third kappa shape index (κ3) is 6.39. The summed E-state index contributed by atoms with van der Waals surface area (Å²) in [5.41, 5.74) is 2.98. The monoisotopic (exact) mass is 463 g/mol. The fourth-order valence-corrected chi connectivity index (χ4v) is 2.92. The molecule has 0 aliphatic rings. The molecule has 2 N–H and O–H groups in total. The van der Waals surface area contributed by atoms with Gasteiger partial charge in [-0.25, -0.2) is 9.82 Å². The van der Waals surface area contributed by atoms with Crippen LogP contribution in [0, 0.1) is 11.7 Å². The van der Waals surface area contributed by atoms with Crippen LogP contribution in [0.15, 0.2) is 52.0 Å². The molecule has 8 heteroatoms. The zero-order valence-electron chi connectivity index (χ0n) is 16.4. The zero-order valence-corrected chi connectivity index (χ0v) is 18.0. The number of nitrogens with zero attached hydrogens (tertiary/aromatic N) is 1. The molecule has 2 aromatic rings. The number of benzene rings is 2. The van der Waals surface area contributed by atoms with E-state index in [1.807, 2.05) is 13.0 Å². The van der Waals surface area contributed by atoms with E-state index in [0.717, 1.165) is 4.47 Å². The lowest BCUT2D eigenvalue weighted by Gasteiger charge is -2.20. The number of hydrazone groups is 1. The smallest absolute Gasteiger partial charge is 0.262 e. The van der Waals surface area contributed by atoms with Gasteiger partial charge in [0.25, 0.3) is 11.8 Å². The minimum atomic E-state index is -0.881. The Bertz CT molecular complexity index is 902. The standard InChI is InChI=1S/C21H23BrFN3O3/c1-4-29-18-10-9-15(22)11-14(18)12-24-26-21(28)19(13(2)3)25-20(27)16-7-5-6-8-17(16)23/h5-13,19H,4H2,1-3H3,(H,25,27)(H,26,28). The van der Waals surface area contributed by atoms with Crippen LogP contribution in [0.3, 0.4) is 0 Å². The van der Waals surface area contributed by atoms with Gasteiger partial charge in [-0.3, -0.25) is 9.59 Å². The predicted octanol–water partition coefficient (Wildman–Crippen LogP) is 3.89. The first-order chi connectivity index (χ1) is 13.8. The fraction of sp³-hybridized carbons (Fsp3) is 0.286. The molecule has 0 aromatic heterocycles. The number of halogens is 2. The first kappa shape index (κ1) is 22.5. The van der Waals surface area contributed by atoms with E-state index >= 15 is 0 Å². The maximum atomic E-state index is 13.8. The van der Waals surface area contributed by atoms with Gasteiger partial charge in [-0.15, -0.1) is 0 Å². The van der Waals surface area contributed by atoms with Gasteiger partial charge in [-0.2, -0.15) is 5.10 Å². The molecule has 154 valence electrons. The number of hydrogen-bond acceptors (Lipinski definition) is 4. The van der Waals surface area contributed by atoms with Crippen LogP contribution in [0.4, 0.5) is 4.39 Å². The molecule has 0 radical (unpaired) electrons. The maximum absolute atomic E-state index is 13.8. The van der Waals surface area contributed by atoms with Crippen molar-refractivity contribution < 1.29 is 18.7 Å². The average molecular weight is 464 g/mol. The van der Waals surface area contributed by atoms with E-state index in [9.17, 15) is 14.0 Å². The van der Waals surface area contributed by atoms with Crippen LogP contribution in [-0.2, 0) is 4.79 Å². The van der Waals surface area contributed by atoms with E-state index in [1.165, 1.54) is 24.4 Å². The van der Waals surface area contributed by atoms with Crippen LogP contribution in [0.2, 0.25) is 0 Å². The number of nitrogens with one attached hydrogen (secondary N) is 2. The van der Waals surface area contributed by atoms with Crippen molar-refractivity contribution in [3.05, 3.63) is 63.9 Å². The Kier molecular flexibility index (Phi) is 8.33. The molecule has 0 spiro atoms. The van der Waals surface area contributed by atoms with Crippen LogP contribution in [-0.4, -0.2) is 30.7 Å². The van der Waals surface area contributed by atoms with E-state index in [-0.39, 0.29) is 11.5 Å². The van der Waals surface area contributed by atoms with Crippen molar-refractivity contribution in [1.29, 1.82) is 0 Å². The molecule has 0 heterocycles. The predicted molar refractivity (Wildman–Crippen MR) is 114 cm³/mol. The summed E-state index contributed by atoms with van der Waals surface area (Å²) in [6.07, 6.45) is 1.46. The van der Waals surface area contributed by atoms with Crippen molar-refractivity contribution in [3.8, 4) is 5.75 Å². The van der Waals surface area contributed by atoms with Crippen LogP contribution in [0.1, 0.15) is 36.7 Å². The van der Waals surface area contributed by atoms with Crippen molar-refractivity contribution in [1.82, 2.24) is 10.7 Å². The van der Waals surface area contributed by atoms with E-state index in [4.69, 9.17) is 4.74 Å². The summed E-state index contributed by atoms with van der Waals surface area (Å²) in [7, 11) is 0. The molecule has 29 heavy (non-hydrogen) atoms. The summed E-state index contributed by atoms with van der Waals surface area (Å²) in [6, 6.07) is 10.2. The van der Waals surface area contributed by atoms with Gasteiger partial charge in [0.05, 0.1) is 18.4 Å². The minimum absolute atomic E-state index is 0.120. The topological polar surface area (TPSA) is 79.8 Å². The Morgan fingerprint density at radius 1 is 1.24 bits per heavy atom. The highest BCUT2D eigenvalue weighted by molar-refractivity contribution is 9.10. The highest BCUT2D eigenvalue weighted by Crippen LogP contribution is 2.21. The second kappa shape index (κ2) is 10.7. The lowest BCUT2D eigenvalue weighted by atomic mass is 10.0. The molecule has 1 atom stereocenters. The summed E-state index contributed by atoms with van der Waals surface area (Å²) in [6.45, 7) is 5.91. The van der Waals surface area contributed by atoms with E-state index in [0.29, 0.717) is 17.9 Å². The molecule has 2 aromatic carbocycles. The summed E-state index contributed by atoms with van der Waals surface area (Å²) in [5, 5.41) is 6.54. The van der Waals surface area contributed by atoms with Gasteiger partial charge in [0.2, 0.25) is 0 Å². The second-order valence-electron chi connectivity index (χ2n) is 6.52. The van der Waals surface area contributed by atoms with Gasteiger partial charge in [-0.05, 0) is 43.2 Å². The molecule has 0 saturated carbocycles. The van der Waals surface area contributed by atoms with Gasteiger partial charge in [0.1, 0.15) is 17.6 Å². The molecular weight excluding hydrogens is 441 g/mol. The highest BCUT2D eigenvalue weighted by atomic mass is 79.9. The summed E-state index contributed by atoms with van der Waals surface area (Å²) in [4.78, 5) is 24.9. The van der Waals surface area contributed by atoms with E-state index in [2.05, 4.69) is 31.8 Å². The first-order valence-electron chi connectivity index (χ1n) is 9.14. The third-order valence-electron chi connectivity index (χ3n) is 4.00. The molecular formula is C21H23BrFN3O3. The minimum Gasteiger partial charge on any atom is -0.493 e. The second-order valence-corrected chi connectivity index (χ2v) is 7.44. The summed E-state index contributed by atoms with van der Waals surface area (Å²) < 4.78 is 20.2. The lowest BCUT2D eigenvalue weighted by Crippen LogP contribution is -2.48. The third-order valence-corrected chi connectivity index (χ3v) is 4.50. The molecule has 2 amide bonds. The molecule has 1 unspecified atom stereocenters. The van der Waals surface area contributed by atoms with Crippen LogP contribution < -0.4 is 15.5 Å². The number of hydrogen-bond donors (Lipinski definition) is 2. The van der Waals surface area contributed by atoms with Crippen molar-refractivity contribution in [2.24, 2.45) is 11.0 Å². The number of rotatable bonds is 8. The van der Waals surface area contributed by atoms with Gasteiger partial charge in [0, 0.05) is 10.0 Å². The fourth-order valence-electron chi connectivity index (χ4n) is 2.54. The van der Waals surface area contributed by atoms with Gasteiger partial charge >= 0.3 is 0 Å². The number of ether oxygens (including phenoxy) is 1. The van der Waals surface area contributed by atoms with Gasteiger partial charge in [-0.1, -0.05) is 41.9 Å². The van der Waals surface area contributed by atoms with E-state index in [1.54, 1.807) is 32.0 Å². The number of amides is 2. The lowest BCUT2D eigenvalue weighted by molar-refractivity contribution is -0.123. The van der Waals surface area contributed by atoms with Crippen LogP contribution in [0.5, 0.6) is 5.75 Å². The van der Waals surface area contributed by atoms with E-state index < -0.39 is 23.7 Å². The Balaban J connectivity index is 2.09. The molecule has 0 aliphatic carbocycles. The molecule has 6 nitrogen and oxygen atoms in total. The van der Waals surface area contributed by atoms with Crippen molar-refractivity contribution in [2.45, 2.75) is 26.8 Å². The Morgan fingerprint density at radius 2 is 1.97 bits per heavy atom. The molecule has 0 saturated heterocycles. The maximum Gasteiger partial charge on any atom is 0.262 e. The summed E-state index contributed by atoms with van der Waals surface area (Å²) in [5.74, 6) is -1.42.